The van der Waals surface area contributed by atoms with Gasteiger partial charge in [-0.15, -0.1) is 0 Å². The lowest BCUT2D eigenvalue weighted by Gasteiger charge is -2.05. The Kier molecular flexibility index (Phi) is 3.06. The Morgan fingerprint density at radius 2 is 2.29 bits per heavy atom. The van der Waals surface area contributed by atoms with Crippen molar-refractivity contribution >= 4 is 0 Å². The van der Waals surface area contributed by atoms with E-state index in [9.17, 15) is 0 Å². The van der Waals surface area contributed by atoms with Crippen molar-refractivity contribution in [3.63, 3.8) is 0 Å². The van der Waals surface area contributed by atoms with Gasteiger partial charge in [-0.2, -0.15) is 10.2 Å². The molecule has 0 N–H and O–H groups in total. The number of aromatic nitrogens is 2. The lowest BCUT2D eigenvalue weighted by Crippen LogP contribution is -1.89. The summed E-state index contributed by atoms with van der Waals surface area (Å²) in [7, 11) is 1.59. The van der Waals surface area contributed by atoms with Crippen LogP contribution in [0.3, 0.4) is 0 Å². The van der Waals surface area contributed by atoms with Gasteiger partial charge in [0.2, 0.25) is 0 Å². The normalized spacial score (nSPS) is 9.94. The van der Waals surface area contributed by atoms with E-state index in [4.69, 9.17) is 14.5 Å². The van der Waals surface area contributed by atoms with E-state index in [1.807, 2.05) is 31.2 Å². The van der Waals surface area contributed by atoms with E-state index in [1.54, 1.807) is 7.11 Å². The summed E-state index contributed by atoms with van der Waals surface area (Å²) in [5.74, 6) is 1.43. The molecule has 0 unspecified atom stereocenters. The van der Waals surface area contributed by atoms with Gasteiger partial charge < -0.3 is 9.26 Å². The lowest BCUT2D eigenvalue weighted by atomic mass is 10.1. The highest BCUT2D eigenvalue weighted by molar-refractivity contribution is 5.63. The van der Waals surface area contributed by atoms with Gasteiger partial charge in [0, 0.05) is 0 Å². The lowest BCUT2D eigenvalue weighted by molar-refractivity contribution is 0.403. The molecule has 0 spiro atoms. The second-order valence-electron chi connectivity index (χ2n) is 3.55. The molecule has 86 valence electrons. The average molecular weight is 229 g/mol. The predicted molar refractivity (Wildman–Crippen MR) is 60.3 cm³/mol. The number of hydrogen-bond donors (Lipinski definition) is 0. The van der Waals surface area contributed by atoms with Crippen LogP contribution in [0.1, 0.15) is 11.4 Å². The largest absolute Gasteiger partial charge is 0.496 e. The number of nitriles is 1. The number of nitrogens with zero attached hydrogens (tertiary/aromatic N) is 3. The quantitative estimate of drug-likeness (QED) is 0.806. The van der Waals surface area contributed by atoms with Crippen LogP contribution in [0.4, 0.5) is 0 Å². The Balaban J connectivity index is 2.42. The van der Waals surface area contributed by atoms with E-state index < -0.39 is 0 Å². The molecule has 1 aromatic heterocycles. The van der Waals surface area contributed by atoms with Crippen LogP contribution in [0.2, 0.25) is 0 Å². The fourth-order valence-electron chi connectivity index (χ4n) is 1.48. The van der Waals surface area contributed by atoms with Crippen molar-refractivity contribution in [1.82, 2.24) is 10.1 Å². The number of ether oxygens (including phenoxy) is 1. The van der Waals surface area contributed by atoms with Crippen molar-refractivity contribution in [3.8, 4) is 23.3 Å². The number of aryl methyl sites for hydroxylation is 1. The second kappa shape index (κ2) is 4.66. The summed E-state index contributed by atoms with van der Waals surface area (Å²) in [6.07, 6.45) is 0.137. The minimum absolute atomic E-state index is 0.137. The maximum absolute atomic E-state index is 8.54. The van der Waals surface area contributed by atoms with Crippen molar-refractivity contribution in [2.75, 3.05) is 7.11 Å². The fraction of sp³-hybridized carbons (Fsp3) is 0.250. The standard InChI is InChI=1S/C12H11N3O2/c1-8-3-4-9(10(7-8)16-2)12-14-11(5-6-13)15-17-12/h3-4,7H,5H2,1-2H3. The molecule has 0 amide bonds. The molecule has 2 rings (SSSR count). The summed E-state index contributed by atoms with van der Waals surface area (Å²) in [5.41, 5.74) is 1.82. The first-order valence-electron chi connectivity index (χ1n) is 5.09. The van der Waals surface area contributed by atoms with E-state index in [2.05, 4.69) is 10.1 Å². The molecule has 0 atom stereocenters. The van der Waals surface area contributed by atoms with Gasteiger partial charge in [-0.05, 0) is 24.6 Å². The van der Waals surface area contributed by atoms with Crippen molar-refractivity contribution in [1.29, 1.82) is 5.26 Å². The molecular weight excluding hydrogens is 218 g/mol. The van der Waals surface area contributed by atoms with Crippen LogP contribution in [0.5, 0.6) is 5.75 Å². The van der Waals surface area contributed by atoms with E-state index in [0.29, 0.717) is 17.5 Å². The van der Waals surface area contributed by atoms with Gasteiger partial charge in [-0.3, -0.25) is 0 Å². The minimum Gasteiger partial charge on any atom is -0.496 e. The Labute approximate surface area is 98.6 Å². The smallest absolute Gasteiger partial charge is 0.261 e. The molecular formula is C12H11N3O2. The maximum Gasteiger partial charge on any atom is 0.261 e. The molecule has 0 saturated heterocycles. The average Bonchev–Trinajstić information content (AvgIpc) is 2.78. The summed E-state index contributed by atoms with van der Waals surface area (Å²) >= 11 is 0. The summed E-state index contributed by atoms with van der Waals surface area (Å²) in [5, 5.41) is 12.3. The second-order valence-corrected chi connectivity index (χ2v) is 3.55. The predicted octanol–water partition coefficient (Wildman–Crippen LogP) is 2.12. The van der Waals surface area contributed by atoms with Gasteiger partial charge in [-0.25, -0.2) is 0 Å². The molecule has 0 saturated carbocycles. The van der Waals surface area contributed by atoms with Gasteiger partial charge >= 0.3 is 0 Å². The Hall–Kier alpha value is -2.35. The number of benzene rings is 1. The van der Waals surface area contributed by atoms with Crippen molar-refractivity contribution in [2.24, 2.45) is 0 Å². The van der Waals surface area contributed by atoms with Crippen molar-refractivity contribution < 1.29 is 9.26 Å². The van der Waals surface area contributed by atoms with Gasteiger partial charge in [0.05, 0.1) is 25.2 Å². The molecule has 1 heterocycles. The van der Waals surface area contributed by atoms with Gasteiger partial charge in [-0.1, -0.05) is 11.2 Å². The third kappa shape index (κ3) is 2.26. The Morgan fingerprint density at radius 1 is 1.47 bits per heavy atom. The summed E-state index contributed by atoms with van der Waals surface area (Å²) in [6, 6.07) is 7.66. The third-order valence-corrected chi connectivity index (χ3v) is 2.29. The van der Waals surface area contributed by atoms with E-state index in [0.717, 1.165) is 11.1 Å². The topological polar surface area (TPSA) is 71.9 Å². The number of methoxy groups -OCH3 is 1. The first-order valence-corrected chi connectivity index (χ1v) is 5.09. The third-order valence-electron chi connectivity index (χ3n) is 2.29. The van der Waals surface area contributed by atoms with Crippen LogP contribution < -0.4 is 4.74 Å². The summed E-state index contributed by atoms with van der Waals surface area (Å²) < 4.78 is 10.4. The van der Waals surface area contributed by atoms with Crippen LogP contribution >= 0.6 is 0 Å². The van der Waals surface area contributed by atoms with Crippen molar-refractivity contribution in [2.45, 2.75) is 13.3 Å². The highest BCUT2D eigenvalue weighted by atomic mass is 16.5. The van der Waals surface area contributed by atoms with Crippen LogP contribution in [-0.2, 0) is 6.42 Å². The highest BCUT2D eigenvalue weighted by Gasteiger charge is 2.13. The van der Waals surface area contributed by atoms with Crippen LogP contribution in [0.25, 0.3) is 11.5 Å². The molecule has 1 aromatic carbocycles. The molecule has 0 aliphatic heterocycles. The van der Waals surface area contributed by atoms with Crippen molar-refractivity contribution in [3.05, 3.63) is 29.6 Å². The summed E-state index contributed by atoms with van der Waals surface area (Å²) in [6.45, 7) is 1.97. The Bertz CT molecular complexity index is 569. The summed E-state index contributed by atoms with van der Waals surface area (Å²) in [4.78, 5) is 4.13. The molecule has 0 bridgehead atoms. The maximum atomic E-state index is 8.54. The zero-order valence-corrected chi connectivity index (χ0v) is 9.60. The molecule has 5 heteroatoms. The molecule has 0 aliphatic rings. The van der Waals surface area contributed by atoms with E-state index in [1.165, 1.54) is 0 Å². The van der Waals surface area contributed by atoms with Gasteiger partial charge in [0.25, 0.3) is 5.89 Å². The molecule has 5 nitrogen and oxygen atoms in total. The zero-order chi connectivity index (χ0) is 12.3. The fourth-order valence-corrected chi connectivity index (χ4v) is 1.48. The van der Waals surface area contributed by atoms with Crippen LogP contribution in [0.15, 0.2) is 22.7 Å². The van der Waals surface area contributed by atoms with Crippen LogP contribution in [0, 0.1) is 18.3 Å². The molecule has 0 radical (unpaired) electrons. The van der Waals surface area contributed by atoms with Gasteiger partial charge in [0.15, 0.2) is 5.82 Å². The molecule has 0 fully saturated rings. The van der Waals surface area contributed by atoms with E-state index >= 15 is 0 Å². The Morgan fingerprint density at radius 3 is 3.00 bits per heavy atom. The number of hydrogen-bond acceptors (Lipinski definition) is 5. The van der Waals surface area contributed by atoms with E-state index in [-0.39, 0.29) is 6.42 Å². The molecule has 17 heavy (non-hydrogen) atoms. The number of rotatable bonds is 3. The molecule has 0 aliphatic carbocycles. The molecule has 2 aromatic rings. The zero-order valence-electron chi connectivity index (χ0n) is 9.60. The van der Waals surface area contributed by atoms with Gasteiger partial charge in [0.1, 0.15) is 5.75 Å². The highest BCUT2D eigenvalue weighted by Crippen LogP contribution is 2.29. The first kappa shape index (κ1) is 11.1. The SMILES string of the molecule is COc1cc(C)ccc1-c1nc(CC#N)no1. The minimum atomic E-state index is 0.137. The van der Waals surface area contributed by atoms with Crippen LogP contribution in [-0.4, -0.2) is 17.3 Å². The first-order chi connectivity index (χ1) is 8.24. The monoisotopic (exact) mass is 229 g/mol.